The summed E-state index contributed by atoms with van der Waals surface area (Å²) in [6, 6.07) is 1.81. The van der Waals surface area contributed by atoms with Crippen LogP contribution in [0.25, 0.3) is 10.4 Å². The number of halogens is 1. The number of rotatable bonds is 3. The zero-order valence-electron chi connectivity index (χ0n) is 6.94. The van der Waals surface area contributed by atoms with Gasteiger partial charge in [-0.15, -0.1) is 0 Å². The number of azide groups is 1. The number of hydrogen-bond acceptors (Lipinski definition) is 3. The summed E-state index contributed by atoms with van der Waals surface area (Å²) in [6.45, 7) is 0.242. The van der Waals surface area contributed by atoms with Gasteiger partial charge in [-0.3, -0.25) is 0 Å². The molecule has 1 rings (SSSR count). The second-order valence-corrected chi connectivity index (χ2v) is 3.13. The monoisotopic (exact) mass is 242 g/mol. The van der Waals surface area contributed by atoms with Gasteiger partial charge in [-0.25, -0.2) is 4.98 Å². The molecular weight excluding hydrogens is 236 g/mol. The van der Waals surface area contributed by atoms with Crippen LogP contribution in [0.3, 0.4) is 0 Å². The van der Waals surface area contributed by atoms with Crippen molar-refractivity contribution in [2.75, 3.05) is 7.11 Å². The maximum atomic E-state index is 8.15. The third-order valence-electron chi connectivity index (χ3n) is 1.39. The van der Waals surface area contributed by atoms with Gasteiger partial charge in [0.2, 0.25) is 5.88 Å². The van der Waals surface area contributed by atoms with E-state index < -0.39 is 0 Å². The molecule has 1 aromatic rings. The van der Waals surface area contributed by atoms with Crippen molar-refractivity contribution in [2.24, 2.45) is 5.11 Å². The van der Waals surface area contributed by atoms with Gasteiger partial charge in [-0.2, -0.15) is 0 Å². The van der Waals surface area contributed by atoms with Gasteiger partial charge in [0.1, 0.15) is 0 Å². The quantitative estimate of drug-likeness (QED) is 0.465. The van der Waals surface area contributed by atoms with Gasteiger partial charge in [0.25, 0.3) is 0 Å². The molecule has 6 heteroatoms. The molecular formula is C7H7BrN4O. The van der Waals surface area contributed by atoms with E-state index >= 15 is 0 Å². The molecule has 5 nitrogen and oxygen atoms in total. The molecule has 0 saturated heterocycles. The van der Waals surface area contributed by atoms with Gasteiger partial charge in [-0.1, -0.05) is 5.11 Å². The summed E-state index contributed by atoms with van der Waals surface area (Å²) in [5.41, 5.74) is 8.90. The first-order valence-corrected chi connectivity index (χ1v) is 4.26. The highest BCUT2D eigenvalue weighted by molar-refractivity contribution is 9.10. The number of aromatic nitrogens is 1. The maximum absolute atomic E-state index is 8.15. The molecule has 0 amide bonds. The lowest BCUT2D eigenvalue weighted by Gasteiger charge is -2.04. The third kappa shape index (κ3) is 2.61. The molecule has 0 aromatic carbocycles. The fourth-order valence-corrected chi connectivity index (χ4v) is 1.25. The molecule has 1 heterocycles. The molecule has 13 heavy (non-hydrogen) atoms. The fraction of sp³-hybridized carbons (Fsp3) is 0.286. The lowest BCUT2D eigenvalue weighted by molar-refractivity contribution is 0.392. The minimum Gasteiger partial charge on any atom is -0.481 e. The Kier molecular flexibility index (Phi) is 3.54. The van der Waals surface area contributed by atoms with Gasteiger partial charge in [-0.05, 0) is 27.5 Å². The molecule has 0 radical (unpaired) electrons. The van der Waals surface area contributed by atoms with Crippen molar-refractivity contribution in [3.8, 4) is 5.88 Å². The first kappa shape index (κ1) is 9.83. The Bertz CT molecular complexity index is 348. The Morgan fingerprint density at radius 1 is 1.77 bits per heavy atom. The van der Waals surface area contributed by atoms with Crippen LogP contribution < -0.4 is 4.74 Å². The van der Waals surface area contributed by atoms with Crippen LogP contribution in [0, 0.1) is 0 Å². The molecule has 0 saturated carbocycles. The second kappa shape index (κ2) is 4.69. The standard InChI is InChI=1S/C7H7BrN4O/c1-13-7-5(3-11-12-9)2-6(8)4-10-7/h2,4H,3H2,1H3. The topological polar surface area (TPSA) is 70.9 Å². The number of nitrogens with zero attached hydrogens (tertiary/aromatic N) is 4. The van der Waals surface area contributed by atoms with E-state index in [4.69, 9.17) is 10.3 Å². The highest BCUT2D eigenvalue weighted by Crippen LogP contribution is 2.20. The van der Waals surface area contributed by atoms with Crippen LogP contribution in [0.2, 0.25) is 0 Å². The molecule has 0 aliphatic carbocycles. The number of pyridine rings is 1. The summed E-state index contributed by atoms with van der Waals surface area (Å²) < 4.78 is 5.81. The van der Waals surface area contributed by atoms with E-state index in [1.807, 2.05) is 0 Å². The summed E-state index contributed by atoms with van der Waals surface area (Å²) in [7, 11) is 1.52. The van der Waals surface area contributed by atoms with Gasteiger partial charge >= 0.3 is 0 Å². The fourth-order valence-electron chi connectivity index (χ4n) is 0.874. The summed E-state index contributed by atoms with van der Waals surface area (Å²) in [5, 5.41) is 3.43. The van der Waals surface area contributed by atoms with Crippen molar-refractivity contribution >= 4 is 15.9 Å². The molecule has 1 aromatic heterocycles. The molecule has 0 aliphatic rings. The SMILES string of the molecule is COc1ncc(Br)cc1CN=[N+]=[N-]. The van der Waals surface area contributed by atoms with E-state index in [1.165, 1.54) is 7.11 Å². The van der Waals surface area contributed by atoms with Crippen LogP contribution in [-0.4, -0.2) is 12.1 Å². The first-order valence-electron chi connectivity index (χ1n) is 3.47. The Morgan fingerprint density at radius 3 is 3.15 bits per heavy atom. The van der Waals surface area contributed by atoms with Crippen LogP contribution in [0.15, 0.2) is 21.9 Å². The summed E-state index contributed by atoms with van der Waals surface area (Å²) >= 11 is 3.26. The van der Waals surface area contributed by atoms with Crippen LogP contribution in [-0.2, 0) is 6.54 Å². The molecule has 0 atom stereocenters. The van der Waals surface area contributed by atoms with E-state index in [0.29, 0.717) is 5.88 Å². The summed E-state index contributed by atoms with van der Waals surface area (Å²) in [5.74, 6) is 0.482. The minimum atomic E-state index is 0.242. The second-order valence-electron chi connectivity index (χ2n) is 2.21. The largest absolute Gasteiger partial charge is 0.481 e. The van der Waals surface area contributed by atoms with Crippen LogP contribution in [0.5, 0.6) is 5.88 Å². The Morgan fingerprint density at radius 2 is 2.54 bits per heavy atom. The molecule has 0 N–H and O–H groups in total. The van der Waals surface area contributed by atoms with Crippen molar-refractivity contribution in [1.29, 1.82) is 0 Å². The molecule has 68 valence electrons. The number of methoxy groups -OCH3 is 1. The zero-order valence-corrected chi connectivity index (χ0v) is 8.52. The first-order chi connectivity index (χ1) is 6.27. The van der Waals surface area contributed by atoms with Crippen molar-refractivity contribution in [1.82, 2.24) is 4.98 Å². The van der Waals surface area contributed by atoms with E-state index in [-0.39, 0.29) is 6.54 Å². The third-order valence-corrected chi connectivity index (χ3v) is 1.82. The van der Waals surface area contributed by atoms with Gasteiger partial charge in [0, 0.05) is 21.1 Å². The molecule has 0 fully saturated rings. The predicted molar refractivity (Wildman–Crippen MR) is 51.3 cm³/mol. The van der Waals surface area contributed by atoms with Crippen LogP contribution in [0.1, 0.15) is 5.56 Å². The Labute approximate surface area is 83.5 Å². The zero-order chi connectivity index (χ0) is 9.68. The average molecular weight is 243 g/mol. The molecule has 0 aliphatic heterocycles. The average Bonchev–Trinajstić information content (AvgIpc) is 2.15. The van der Waals surface area contributed by atoms with Crippen molar-refractivity contribution in [3.63, 3.8) is 0 Å². The minimum absolute atomic E-state index is 0.242. The Hall–Kier alpha value is -1.26. The highest BCUT2D eigenvalue weighted by Gasteiger charge is 2.03. The van der Waals surface area contributed by atoms with Gasteiger partial charge in [0.15, 0.2) is 0 Å². The lowest BCUT2D eigenvalue weighted by atomic mass is 10.3. The van der Waals surface area contributed by atoms with Crippen LogP contribution >= 0.6 is 15.9 Å². The van der Waals surface area contributed by atoms with Crippen molar-refractivity contribution < 1.29 is 4.74 Å². The van der Waals surface area contributed by atoms with Crippen molar-refractivity contribution in [2.45, 2.75) is 6.54 Å². The smallest absolute Gasteiger partial charge is 0.216 e. The maximum Gasteiger partial charge on any atom is 0.216 e. The Balaban J connectivity index is 3.00. The molecule has 0 unspecified atom stereocenters. The van der Waals surface area contributed by atoms with Crippen molar-refractivity contribution in [3.05, 3.63) is 32.7 Å². The molecule has 0 bridgehead atoms. The number of hydrogen-bond donors (Lipinski definition) is 0. The summed E-state index contributed by atoms with van der Waals surface area (Å²) in [4.78, 5) is 6.66. The summed E-state index contributed by atoms with van der Waals surface area (Å²) in [6.07, 6.45) is 1.62. The number of ether oxygens (including phenoxy) is 1. The molecule has 0 spiro atoms. The van der Waals surface area contributed by atoms with E-state index in [1.54, 1.807) is 12.3 Å². The predicted octanol–water partition coefficient (Wildman–Crippen LogP) is 2.66. The van der Waals surface area contributed by atoms with Gasteiger partial charge in [0.05, 0.1) is 13.7 Å². The van der Waals surface area contributed by atoms with Crippen LogP contribution in [0.4, 0.5) is 0 Å². The van der Waals surface area contributed by atoms with E-state index in [2.05, 4.69) is 30.9 Å². The van der Waals surface area contributed by atoms with E-state index in [9.17, 15) is 0 Å². The van der Waals surface area contributed by atoms with Gasteiger partial charge < -0.3 is 4.74 Å². The lowest BCUT2D eigenvalue weighted by Crippen LogP contribution is -1.93. The van der Waals surface area contributed by atoms with E-state index in [0.717, 1.165) is 10.0 Å². The highest BCUT2D eigenvalue weighted by atomic mass is 79.9. The normalized spacial score (nSPS) is 9.08.